The zero-order valence-electron chi connectivity index (χ0n) is 33.5. The average molecular weight is 768 g/mol. The van der Waals surface area contributed by atoms with E-state index in [1.165, 1.54) is 77.1 Å². The van der Waals surface area contributed by atoms with Crippen LogP contribution in [0, 0.1) is 0 Å². The molecule has 2 heterocycles. The number of aromatic nitrogens is 2. The van der Waals surface area contributed by atoms with E-state index in [0.717, 1.165) is 28.3 Å². The second kappa shape index (κ2) is 13.2. The summed E-state index contributed by atoms with van der Waals surface area (Å²) in [7, 11) is 0. The third kappa shape index (κ3) is 5.09. The van der Waals surface area contributed by atoms with Crippen LogP contribution in [-0.4, -0.2) is 9.13 Å². The van der Waals surface area contributed by atoms with Gasteiger partial charge in [-0.1, -0.05) is 147 Å². The molecule has 0 radical (unpaired) electrons. The second-order valence-corrected chi connectivity index (χ2v) is 16.6. The quantitative estimate of drug-likeness (QED) is 0.164. The molecule has 1 aliphatic rings. The zero-order chi connectivity index (χ0) is 40.0. The van der Waals surface area contributed by atoms with E-state index in [1.54, 1.807) is 0 Å². The van der Waals surface area contributed by atoms with Crippen LogP contribution in [0.25, 0.3) is 77.2 Å². The number of rotatable bonds is 6. The van der Waals surface area contributed by atoms with Crippen LogP contribution in [0.5, 0.6) is 0 Å². The summed E-state index contributed by atoms with van der Waals surface area (Å²) in [6, 6.07) is 77.8. The van der Waals surface area contributed by atoms with E-state index in [2.05, 4.69) is 240 Å². The van der Waals surface area contributed by atoms with Crippen LogP contribution in [0.15, 0.2) is 212 Å². The maximum Gasteiger partial charge on any atom is 0.0562 e. The fraction of sp³-hybridized carbons (Fsp3) is 0.0526. The van der Waals surface area contributed by atoms with Gasteiger partial charge in [0.05, 0.1) is 27.8 Å². The highest BCUT2D eigenvalue weighted by Gasteiger charge is 2.35. The van der Waals surface area contributed by atoms with Gasteiger partial charge >= 0.3 is 0 Å². The van der Waals surface area contributed by atoms with E-state index in [4.69, 9.17) is 0 Å². The molecule has 12 rings (SSSR count). The summed E-state index contributed by atoms with van der Waals surface area (Å²) in [6.45, 7) is 4.70. The lowest BCUT2D eigenvalue weighted by atomic mass is 9.82. The van der Waals surface area contributed by atoms with Crippen molar-refractivity contribution in [1.29, 1.82) is 0 Å². The molecule has 2 aromatic heterocycles. The maximum atomic E-state index is 2.46. The Hall–Kier alpha value is -7.62. The minimum absolute atomic E-state index is 0.0401. The normalized spacial score (nSPS) is 13.0. The van der Waals surface area contributed by atoms with E-state index in [0.29, 0.717) is 0 Å². The van der Waals surface area contributed by atoms with Gasteiger partial charge in [-0.3, -0.25) is 0 Å². The molecule has 0 amide bonds. The Balaban J connectivity index is 1.04. The molecule has 60 heavy (non-hydrogen) atoms. The van der Waals surface area contributed by atoms with Crippen LogP contribution in [0.4, 0.5) is 17.1 Å². The van der Waals surface area contributed by atoms with Crippen LogP contribution >= 0.6 is 0 Å². The van der Waals surface area contributed by atoms with Crippen LogP contribution in [0.2, 0.25) is 0 Å². The first-order valence-corrected chi connectivity index (χ1v) is 20.9. The van der Waals surface area contributed by atoms with E-state index in [-0.39, 0.29) is 5.41 Å². The molecule has 9 aromatic carbocycles. The number of nitrogens with zero attached hydrogens (tertiary/aromatic N) is 3. The van der Waals surface area contributed by atoms with Crippen molar-refractivity contribution >= 4 is 60.7 Å². The van der Waals surface area contributed by atoms with Gasteiger partial charge in [0.25, 0.3) is 0 Å². The molecular formula is C57H41N3. The number of fused-ring (bicyclic) bond motifs is 9. The van der Waals surface area contributed by atoms with Crippen molar-refractivity contribution in [2.75, 3.05) is 4.90 Å². The minimum atomic E-state index is -0.0401. The Kier molecular flexibility index (Phi) is 7.58. The topological polar surface area (TPSA) is 13.1 Å². The fourth-order valence-electron chi connectivity index (χ4n) is 10.1. The van der Waals surface area contributed by atoms with E-state index >= 15 is 0 Å². The molecule has 0 unspecified atom stereocenters. The molecule has 0 atom stereocenters. The molecule has 0 N–H and O–H groups in total. The molecule has 3 heteroatoms. The van der Waals surface area contributed by atoms with Crippen molar-refractivity contribution in [2.24, 2.45) is 0 Å². The first-order valence-electron chi connectivity index (χ1n) is 20.9. The second-order valence-electron chi connectivity index (χ2n) is 16.6. The molecule has 0 fully saturated rings. The molecule has 0 saturated carbocycles. The van der Waals surface area contributed by atoms with Crippen LogP contribution in [0.1, 0.15) is 25.0 Å². The number of anilines is 3. The summed E-state index contributed by atoms with van der Waals surface area (Å²) in [5.74, 6) is 0. The van der Waals surface area contributed by atoms with Crippen molar-refractivity contribution in [1.82, 2.24) is 9.13 Å². The lowest BCUT2D eigenvalue weighted by Gasteiger charge is -2.27. The number of benzene rings is 9. The summed E-state index contributed by atoms with van der Waals surface area (Å²) in [5.41, 5.74) is 18.2. The van der Waals surface area contributed by atoms with E-state index in [1.807, 2.05) is 0 Å². The molecule has 0 saturated heterocycles. The van der Waals surface area contributed by atoms with Crippen molar-refractivity contribution < 1.29 is 0 Å². The van der Waals surface area contributed by atoms with Crippen LogP contribution in [-0.2, 0) is 5.41 Å². The van der Waals surface area contributed by atoms with Gasteiger partial charge in [-0.15, -0.1) is 0 Å². The Bertz CT molecular complexity index is 3460. The molecular weight excluding hydrogens is 727 g/mol. The molecule has 0 spiro atoms. The molecule has 0 aliphatic heterocycles. The maximum absolute atomic E-state index is 2.46. The van der Waals surface area contributed by atoms with Crippen LogP contribution < -0.4 is 4.90 Å². The average Bonchev–Trinajstić information content (AvgIpc) is 3.90. The first-order chi connectivity index (χ1) is 29.5. The molecule has 1 aliphatic carbocycles. The molecule has 0 bridgehead atoms. The van der Waals surface area contributed by atoms with E-state index < -0.39 is 0 Å². The first kappa shape index (κ1) is 34.4. The SMILES string of the molecule is CC1(C)c2ccccc2-c2cc(-n3c4ccccc4c4ccc(-c5cccc(N(c6ccccc6)c6cccc7c6c6ccccc6n7-c6ccccc6)c5)cc43)ccc21. The van der Waals surface area contributed by atoms with Gasteiger partial charge in [0.15, 0.2) is 0 Å². The van der Waals surface area contributed by atoms with Gasteiger partial charge in [-0.05, 0) is 112 Å². The van der Waals surface area contributed by atoms with E-state index in [9.17, 15) is 0 Å². The smallest absolute Gasteiger partial charge is 0.0562 e. The lowest BCUT2D eigenvalue weighted by molar-refractivity contribution is 0.660. The number of para-hydroxylation sites is 4. The van der Waals surface area contributed by atoms with Gasteiger partial charge in [-0.2, -0.15) is 0 Å². The van der Waals surface area contributed by atoms with Gasteiger partial charge in [-0.25, -0.2) is 0 Å². The molecule has 11 aromatic rings. The Morgan fingerprint density at radius 3 is 1.80 bits per heavy atom. The van der Waals surface area contributed by atoms with Gasteiger partial charge in [0.2, 0.25) is 0 Å². The highest BCUT2D eigenvalue weighted by atomic mass is 15.1. The summed E-state index contributed by atoms with van der Waals surface area (Å²) >= 11 is 0. The Morgan fingerprint density at radius 1 is 0.367 bits per heavy atom. The predicted octanol–water partition coefficient (Wildman–Crippen LogP) is 15.3. The molecule has 284 valence electrons. The lowest BCUT2D eigenvalue weighted by Crippen LogP contribution is -2.14. The zero-order valence-corrected chi connectivity index (χ0v) is 33.5. The van der Waals surface area contributed by atoms with Gasteiger partial charge in [0.1, 0.15) is 0 Å². The van der Waals surface area contributed by atoms with Gasteiger partial charge in [0, 0.05) is 49.7 Å². The minimum Gasteiger partial charge on any atom is -0.310 e. The molecule has 3 nitrogen and oxygen atoms in total. The van der Waals surface area contributed by atoms with Crippen molar-refractivity contribution in [3.63, 3.8) is 0 Å². The largest absolute Gasteiger partial charge is 0.310 e. The highest BCUT2D eigenvalue weighted by molar-refractivity contribution is 6.17. The monoisotopic (exact) mass is 767 g/mol. The van der Waals surface area contributed by atoms with Crippen LogP contribution in [0.3, 0.4) is 0 Å². The fourth-order valence-corrected chi connectivity index (χ4v) is 10.1. The third-order valence-corrected chi connectivity index (χ3v) is 12.9. The summed E-state index contributed by atoms with van der Waals surface area (Å²) in [4.78, 5) is 2.42. The standard InChI is InChI=1S/C57H41N3/c1-57(2)49-26-12-9-23-44(49)48-37-43(32-34-50(48)57)60-51-27-13-10-24-45(51)46-33-31-39(36-55(46)60)38-17-15-22-42(35-38)58(40-18-5-3-6-19-40)53-29-16-30-54-56(53)47-25-11-14-28-52(47)59(54)41-20-7-4-8-21-41/h3-37H,1-2H3. The summed E-state index contributed by atoms with van der Waals surface area (Å²) in [5, 5.41) is 4.95. The number of hydrogen-bond donors (Lipinski definition) is 0. The highest BCUT2D eigenvalue weighted by Crippen LogP contribution is 2.50. The predicted molar refractivity (Wildman–Crippen MR) is 253 cm³/mol. The van der Waals surface area contributed by atoms with Crippen molar-refractivity contribution in [3.8, 4) is 33.6 Å². The Morgan fingerprint density at radius 2 is 0.967 bits per heavy atom. The van der Waals surface area contributed by atoms with Crippen molar-refractivity contribution in [3.05, 3.63) is 223 Å². The van der Waals surface area contributed by atoms with Crippen molar-refractivity contribution in [2.45, 2.75) is 19.3 Å². The summed E-state index contributed by atoms with van der Waals surface area (Å²) in [6.07, 6.45) is 0. The summed E-state index contributed by atoms with van der Waals surface area (Å²) < 4.78 is 4.86. The Labute approximate surface area is 349 Å². The third-order valence-electron chi connectivity index (χ3n) is 12.9. The number of hydrogen-bond acceptors (Lipinski definition) is 1. The van der Waals surface area contributed by atoms with Gasteiger partial charge < -0.3 is 14.0 Å².